The number of amides is 1. The number of thioether (sulfide) groups is 1. The number of carbonyl (C=O) groups is 1. The van der Waals surface area contributed by atoms with Crippen molar-refractivity contribution in [1.29, 1.82) is 0 Å². The van der Waals surface area contributed by atoms with Gasteiger partial charge in [0.15, 0.2) is 11.0 Å². The van der Waals surface area contributed by atoms with Gasteiger partial charge in [0.2, 0.25) is 5.91 Å². The van der Waals surface area contributed by atoms with Crippen molar-refractivity contribution in [2.75, 3.05) is 11.1 Å². The van der Waals surface area contributed by atoms with E-state index in [1.807, 2.05) is 28.8 Å². The molecule has 1 heterocycles. The van der Waals surface area contributed by atoms with Gasteiger partial charge in [-0.15, -0.1) is 16.8 Å². The molecular weight excluding hydrogens is 479 g/mol. The maximum absolute atomic E-state index is 12.4. The quantitative estimate of drug-likeness (QED) is 0.267. The van der Waals surface area contributed by atoms with Crippen LogP contribution in [0.1, 0.15) is 25.7 Å². The summed E-state index contributed by atoms with van der Waals surface area (Å²) in [5.74, 6) is 1.54. The highest BCUT2D eigenvalue weighted by Crippen LogP contribution is 2.29. The molecule has 4 rings (SSSR count). The Morgan fingerprint density at radius 2 is 1.94 bits per heavy atom. The molecule has 1 saturated carbocycles. The van der Waals surface area contributed by atoms with Crippen molar-refractivity contribution >= 4 is 46.6 Å². The molecule has 1 N–H and O–H groups in total. The molecule has 1 aliphatic rings. The molecular formula is C24H24Cl2N4O2S. The minimum atomic E-state index is -0.202. The van der Waals surface area contributed by atoms with E-state index in [1.165, 1.54) is 24.6 Å². The van der Waals surface area contributed by atoms with Crippen LogP contribution in [0.25, 0.3) is 11.4 Å². The Hall–Kier alpha value is -2.48. The number of aromatic nitrogens is 3. The number of nitrogens with one attached hydrogen (secondary N) is 1. The van der Waals surface area contributed by atoms with Crippen LogP contribution in [-0.4, -0.2) is 32.5 Å². The lowest BCUT2D eigenvalue weighted by Crippen LogP contribution is -2.15. The maximum atomic E-state index is 12.4. The molecule has 0 bridgehead atoms. The third-order valence-corrected chi connectivity index (χ3v) is 6.80. The van der Waals surface area contributed by atoms with E-state index in [0.717, 1.165) is 24.2 Å². The monoisotopic (exact) mass is 502 g/mol. The SMILES string of the molecule is C=CCn1c(SCC(=O)Nc2ccc(Cl)cc2Cl)nnc1-c1ccc(OC2CCCC2)cc1. The Bertz CT molecular complexity index is 1130. The largest absolute Gasteiger partial charge is 0.490 e. The van der Waals surface area contributed by atoms with Gasteiger partial charge in [-0.1, -0.05) is 41.0 Å². The number of carbonyl (C=O) groups excluding carboxylic acids is 1. The predicted octanol–water partition coefficient (Wildman–Crippen LogP) is 6.49. The van der Waals surface area contributed by atoms with Crippen molar-refractivity contribution in [1.82, 2.24) is 14.8 Å². The fraction of sp³-hybridized carbons (Fsp3) is 0.292. The zero-order valence-corrected chi connectivity index (χ0v) is 20.3. The zero-order valence-electron chi connectivity index (χ0n) is 18.0. The van der Waals surface area contributed by atoms with Crippen LogP contribution in [0.5, 0.6) is 5.75 Å². The summed E-state index contributed by atoms with van der Waals surface area (Å²) >= 11 is 13.3. The van der Waals surface area contributed by atoms with Crippen LogP contribution in [0.2, 0.25) is 10.0 Å². The van der Waals surface area contributed by atoms with Gasteiger partial charge in [0, 0.05) is 17.1 Å². The number of ether oxygens (including phenoxy) is 1. The first-order valence-corrected chi connectivity index (χ1v) is 12.5. The van der Waals surface area contributed by atoms with Crippen molar-refractivity contribution in [2.24, 2.45) is 0 Å². The zero-order chi connectivity index (χ0) is 23.2. The Morgan fingerprint density at radius 3 is 2.64 bits per heavy atom. The summed E-state index contributed by atoms with van der Waals surface area (Å²) in [5, 5.41) is 13.0. The second kappa shape index (κ2) is 11.1. The summed E-state index contributed by atoms with van der Waals surface area (Å²) in [6, 6.07) is 12.8. The maximum Gasteiger partial charge on any atom is 0.234 e. The molecule has 0 atom stereocenters. The molecule has 0 radical (unpaired) electrons. The molecule has 172 valence electrons. The number of anilines is 1. The fourth-order valence-electron chi connectivity index (χ4n) is 3.69. The van der Waals surface area contributed by atoms with Gasteiger partial charge in [-0.25, -0.2) is 0 Å². The molecule has 0 saturated heterocycles. The second-order valence-corrected chi connectivity index (χ2v) is 9.50. The van der Waals surface area contributed by atoms with Gasteiger partial charge in [0.05, 0.1) is 22.6 Å². The highest BCUT2D eigenvalue weighted by molar-refractivity contribution is 7.99. The van der Waals surface area contributed by atoms with Crippen LogP contribution in [0, 0.1) is 0 Å². The summed E-state index contributed by atoms with van der Waals surface area (Å²) < 4.78 is 7.99. The van der Waals surface area contributed by atoms with Crippen molar-refractivity contribution in [3.05, 3.63) is 65.2 Å². The lowest BCUT2D eigenvalue weighted by Gasteiger charge is -2.13. The molecule has 1 aromatic heterocycles. The van der Waals surface area contributed by atoms with Crippen LogP contribution in [-0.2, 0) is 11.3 Å². The summed E-state index contributed by atoms with van der Waals surface area (Å²) in [6.45, 7) is 4.36. The summed E-state index contributed by atoms with van der Waals surface area (Å²) in [5.41, 5.74) is 1.44. The number of nitrogens with zero attached hydrogens (tertiary/aromatic N) is 3. The normalized spacial score (nSPS) is 13.8. The smallest absolute Gasteiger partial charge is 0.234 e. The number of hydrogen-bond acceptors (Lipinski definition) is 5. The number of hydrogen-bond donors (Lipinski definition) is 1. The molecule has 6 nitrogen and oxygen atoms in total. The van der Waals surface area contributed by atoms with Gasteiger partial charge in [-0.3, -0.25) is 9.36 Å². The van der Waals surface area contributed by atoms with Gasteiger partial charge < -0.3 is 10.1 Å². The molecule has 1 aliphatic carbocycles. The molecule has 3 aromatic rings. The van der Waals surface area contributed by atoms with Crippen molar-refractivity contribution in [3.63, 3.8) is 0 Å². The molecule has 0 spiro atoms. The third kappa shape index (κ3) is 6.10. The van der Waals surface area contributed by atoms with E-state index in [9.17, 15) is 4.79 Å². The summed E-state index contributed by atoms with van der Waals surface area (Å²) in [4.78, 5) is 12.4. The van der Waals surface area contributed by atoms with Gasteiger partial charge >= 0.3 is 0 Å². The van der Waals surface area contributed by atoms with Crippen molar-refractivity contribution in [3.8, 4) is 17.1 Å². The van der Waals surface area contributed by atoms with Gasteiger partial charge in [0.1, 0.15) is 5.75 Å². The van der Waals surface area contributed by atoms with Crippen LogP contribution in [0.3, 0.4) is 0 Å². The van der Waals surface area contributed by atoms with Crippen LogP contribution in [0.4, 0.5) is 5.69 Å². The van der Waals surface area contributed by atoms with E-state index in [-0.39, 0.29) is 11.7 Å². The number of benzene rings is 2. The summed E-state index contributed by atoms with van der Waals surface area (Å²) in [7, 11) is 0. The van der Waals surface area contributed by atoms with Crippen LogP contribution < -0.4 is 10.1 Å². The molecule has 1 fully saturated rings. The average Bonchev–Trinajstić information content (AvgIpc) is 3.45. The minimum absolute atomic E-state index is 0.155. The minimum Gasteiger partial charge on any atom is -0.490 e. The highest BCUT2D eigenvalue weighted by atomic mass is 35.5. The molecule has 0 aliphatic heterocycles. The summed E-state index contributed by atoms with van der Waals surface area (Å²) in [6.07, 6.45) is 6.80. The highest BCUT2D eigenvalue weighted by Gasteiger charge is 2.18. The van der Waals surface area contributed by atoms with E-state index in [4.69, 9.17) is 27.9 Å². The molecule has 9 heteroatoms. The van der Waals surface area contributed by atoms with Crippen molar-refractivity contribution in [2.45, 2.75) is 43.5 Å². The van der Waals surface area contributed by atoms with Crippen LogP contribution >= 0.6 is 35.0 Å². The Morgan fingerprint density at radius 1 is 1.18 bits per heavy atom. The van der Waals surface area contributed by atoms with Crippen LogP contribution in [0.15, 0.2) is 60.3 Å². The molecule has 2 aromatic carbocycles. The van der Waals surface area contributed by atoms with E-state index in [1.54, 1.807) is 24.3 Å². The Kier molecular flexibility index (Phi) is 7.96. The molecule has 1 amide bonds. The van der Waals surface area contributed by atoms with E-state index < -0.39 is 0 Å². The lowest BCUT2D eigenvalue weighted by molar-refractivity contribution is -0.113. The molecule has 33 heavy (non-hydrogen) atoms. The standard InChI is InChI=1S/C24H24Cl2N4O2S/c1-2-13-30-23(16-7-10-19(11-8-16)32-18-5-3-4-6-18)28-29-24(30)33-15-22(31)27-21-12-9-17(25)14-20(21)26/h2,7-12,14,18H,1,3-6,13,15H2,(H,27,31). The fourth-order valence-corrected chi connectivity index (χ4v) is 4.89. The first-order chi connectivity index (χ1) is 16.0. The first-order valence-electron chi connectivity index (χ1n) is 10.7. The van der Waals surface area contributed by atoms with E-state index in [2.05, 4.69) is 22.1 Å². The van der Waals surface area contributed by atoms with E-state index in [0.29, 0.717) is 39.4 Å². The van der Waals surface area contributed by atoms with Gasteiger partial charge in [0.25, 0.3) is 0 Å². The number of halogens is 2. The average molecular weight is 503 g/mol. The van der Waals surface area contributed by atoms with E-state index >= 15 is 0 Å². The Balaban J connectivity index is 1.42. The topological polar surface area (TPSA) is 69.0 Å². The van der Waals surface area contributed by atoms with Crippen molar-refractivity contribution < 1.29 is 9.53 Å². The second-order valence-electron chi connectivity index (χ2n) is 7.72. The van der Waals surface area contributed by atoms with Gasteiger partial charge in [-0.2, -0.15) is 0 Å². The number of rotatable bonds is 9. The molecule has 0 unspecified atom stereocenters. The third-order valence-electron chi connectivity index (χ3n) is 5.28. The first kappa shape index (κ1) is 23.7. The lowest BCUT2D eigenvalue weighted by atomic mass is 10.2. The van der Waals surface area contributed by atoms with Gasteiger partial charge in [-0.05, 0) is 68.1 Å². The number of allylic oxidation sites excluding steroid dienone is 1. The predicted molar refractivity (Wildman–Crippen MR) is 134 cm³/mol. The Labute approximate surface area is 207 Å².